The second kappa shape index (κ2) is 7.99. The molecule has 1 aliphatic rings. The number of methoxy groups -OCH3 is 2. The number of nitrogens with one attached hydrogen (secondary N) is 1. The zero-order valence-electron chi connectivity index (χ0n) is 15.6. The number of anilines is 1. The minimum absolute atomic E-state index is 0.145. The maximum Gasteiger partial charge on any atom is 0.330 e. The van der Waals surface area contributed by atoms with E-state index in [0.29, 0.717) is 23.5 Å². The van der Waals surface area contributed by atoms with Gasteiger partial charge >= 0.3 is 12.0 Å². The molecule has 1 aromatic heterocycles. The molecule has 8 nitrogen and oxygen atoms in total. The maximum absolute atomic E-state index is 5.78. The van der Waals surface area contributed by atoms with Gasteiger partial charge in [0.1, 0.15) is 23.0 Å². The lowest BCUT2D eigenvalue weighted by Gasteiger charge is -2.10. The standard InChI is InChI=1S/C20H20N4O4/c1-25-14-5-9-16(10-6-14)27-19-22-18(21-13-3-4-13)23-20(24-19)28-17-11-7-15(26-2)8-12-17/h5-13H,3-4H2,1-2H3,(H,21,22,23,24). The van der Waals surface area contributed by atoms with Gasteiger partial charge in [0, 0.05) is 6.04 Å². The number of rotatable bonds is 8. The Bertz CT molecular complexity index is 860. The van der Waals surface area contributed by atoms with Crippen molar-refractivity contribution in [3.63, 3.8) is 0 Å². The summed E-state index contributed by atoms with van der Waals surface area (Å²) in [6.45, 7) is 0. The van der Waals surface area contributed by atoms with Crippen molar-refractivity contribution in [1.29, 1.82) is 0 Å². The molecular weight excluding hydrogens is 360 g/mol. The summed E-state index contributed by atoms with van der Waals surface area (Å²) in [4.78, 5) is 12.9. The van der Waals surface area contributed by atoms with Crippen molar-refractivity contribution in [2.24, 2.45) is 0 Å². The van der Waals surface area contributed by atoms with E-state index in [9.17, 15) is 0 Å². The molecule has 0 bridgehead atoms. The highest BCUT2D eigenvalue weighted by Crippen LogP contribution is 2.28. The average Bonchev–Trinajstić information content (AvgIpc) is 3.53. The fourth-order valence-corrected chi connectivity index (χ4v) is 2.40. The van der Waals surface area contributed by atoms with Gasteiger partial charge in [-0.1, -0.05) is 0 Å². The Morgan fingerprint density at radius 1 is 0.679 bits per heavy atom. The van der Waals surface area contributed by atoms with Crippen molar-refractivity contribution in [3.8, 4) is 35.0 Å². The summed E-state index contributed by atoms with van der Waals surface area (Å²) in [6.07, 6.45) is 2.18. The smallest absolute Gasteiger partial charge is 0.330 e. The molecule has 0 spiro atoms. The Balaban J connectivity index is 1.56. The van der Waals surface area contributed by atoms with Crippen LogP contribution in [0.1, 0.15) is 12.8 Å². The van der Waals surface area contributed by atoms with Gasteiger partial charge < -0.3 is 24.3 Å². The second-order valence-electron chi connectivity index (χ2n) is 6.20. The van der Waals surface area contributed by atoms with E-state index in [4.69, 9.17) is 18.9 Å². The Labute approximate surface area is 162 Å². The van der Waals surface area contributed by atoms with E-state index in [0.717, 1.165) is 24.3 Å². The fraction of sp³-hybridized carbons (Fsp3) is 0.250. The summed E-state index contributed by atoms with van der Waals surface area (Å²) < 4.78 is 21.9. The first-order valence-corrected chi connectivity index (χ1v) is 8.88. The van der Waals surface area contributed by atoms with Gasteiger partial charge in [0.2, 0.25) is 5.95 Å². The highest BCUT2D eigenvalue weighted by molar-refractivity contribution is 5.37. The molecule has 0 unspecified atom stereocenters. The van der Waals surface area contributed by atoms with E-state index in [1.807, 2.05) is 0 Å². The molecule has 28 heavy (non-hydrogen) atoms. The number of hydrogen-bond donors (Lipinski definition) is 1. The van der Waals surface area contributed by atoms with Crippen LogP contribution in [0, 0.1) is 0 Å². The number of benzene rings is 2. The van der Waals surface area contributed by atoms with Crippen LogP contribution in [0.15, 0.2) is 48.5 Å². The van der Waals surface area contributed by atoms with E-state index in [1.54, 1.807) is 62.8 Å². The van der Waals surface area contributed by atoms with Crippen molar-refractivity contribution in [2.75, 3.05) is 19.5 Å². The molecule has 144 valence electrons. The van der Waals surface area contributed by atoms with Crippen LogP contribution in [0.4, 0.5) is 5.95 Å². The highest BCUT2D eigenvalue weighted by Gasteiger charge is 2.23. The molecule has 3 aromatic rings. The molecule has 8 heteroatoms. The van der Waals surface area contributed by atoms with Crippen LogP contribution in [-0.4, -0.2) is 35.2 Å². The quantitative estimate of drug-likeness (QED) is 0.626. The lowest BCUT2D eigenvalue weighted by atomic mass is 10.3. The van der Waals surface area contributed by atoms with Crippen LogP contribution in [0.3, 0.4) is 0 Å². The molecule has 0 saturated heterocycles. The zero-order chi connectivity index (χ0) is 19.3. The average molecular weight is 380 g/mol. The largest absolute Gasteiger partial charge is 0.497 e. The topological polar surface area (TPSA) is 87.6 Å². The summed E-state index contributed by atoms with van der Waals surface area (Å²) in [5.41, 5.74) is 0. The van der Waals surface area contributed by atoms with E-state index in [-0.39, 0.29) is 12.0 Å². The molecule has 1 aliphatic carbocycles. The molecule has 0 atom stereocenters. The Morgan fingerprint density at radius 2 is 1.11 bits per heavy atom. The van der Waals surface area contributed by atoms with Crippen LogP contribution >= 0.6 is 0 Å². The molecule has 2 aromatic carbocycles. The van der Waals surface area contributed by atoms with Crippen LogP contribution in [-0.2, 0) is 0 Å². The number of nitrogens with zero attached hydrogens (tertiary/aromatic N) is 3. The van der Waals surface area contributed by atoms with Crippen molar-refractivity contribution >= 4 is 5.95 Å². The predicted molar refractivity (Wildman–Crippen MR) is 103 cm³/mol. The number of aromatic nitrogens is 3. The molecule has 1 fully saturated rings. The Kier molecular flexibility index (Phi) is 5.09. The SMILES string of the molecule is COc1ccc(Oc2nc(NC3CC3)nc(Oc3ccc(OC)cc3)n2)cc1. The van der Waals surface area contributed by atoms with Gasteiger partial charge in [-0.15, -0.1) is 4.98 Å². The van der Waals surface area contributed by atoms with Gasteiger partial charge in [0.25, 0.3) is 0 Å². The normalized spacial score (nSPS) is 12.9. The lowest BCUT2D eigenvalue weighted by Crippen LogP contribution is -2.08. The van der Waals surface area contributed by atoms with Crippen molar-refractivity contribution in [3.05, 3.63) is 48.5 Å². The van der Waals surface area contributed by atoms with Gasteiger partial charge in [-0.05, 0) is 61.4 Å². The molecule has 0 radical (unpaired) electrons. The molecule has 1 N–H and O–H groups in total. The maximum atomic E-state index is 5.78. The molecule has 0 amide bonds. The van der Waals surface area contributed by atoms with Gasteiger partial charge in [0.05, 0.1) is 14.2 Å². The van der Waals surface area contributed by atoms with Gasteiger partial charge in [0.15, 0.2) is 0 Å². The first-order valence-electron chi connectivity index (χ1n) is 8.88. The van der Waals surface area contributed by atoms with Crippen LogP contribution in [0.5, 0.6) is 35.0 Å². The van der Waals surface area contributed by atoms with Gasteiger partial charge in [-0.3, -0.25) is 0 Å². The molecular formula is C20H20N4O4. The third kappa shape index (κ3) is 4.59. The monoisotopic (exact) mass is 380 g/mol. The molecule has 0 aliphatic heterocycles. The first kappa shape index (κ1) is 17.8. The minimum atomic E-state index is 0.145. The summed E-state index contributed by atoms with van der Waals surface area (Å²) in [5, 5.41) is 3.24. The highest BCUT2D eigenvalue weighted by atomic mass is 16.5. The Morgan fingerprint density at radius 3 is 1.50 bits per heavy atom. The number of hydrogen-bond acceptors (Lipinski definition) is 8. The van der Waals surface area contributed by atoms with Crippen LogP contribution < -0.4 is 24.3 Å². The van der Waals surface area contributed by atoms with Crippen molar-refractivity contribution in [2.45, 2.75) is 18.9 Å². The third-order valence-corrected chi connectivity index (χ3v) is 4.04. The predicted octanol–water partition coefficient (Wildman–Crippen LogP) is 4.05. The van der Waals surface area contributed by atoms with E-state index >= 15 is 0 Å². The summed E-state index contributed by atoms with van der Waals surface area (Å²) >= 11 is 0. The lowest BCUT2D eigenvalue weighted by molar-refractivity contribution is 0.393. The van der Waals surface area contributed by atoms with Gasteiger partial charge in [-0.25, -0.2) is 0 Å². The zero-order valence-corrected chi connectivity index (χ0v) is 15.6. The molecule has 4 rings (SSSR count). The summed E-state index contributed by atoms with van der Waals surface area (Å²) in [6, 6.07) is 15.0. The summed E-state index contributed by atoms with van der Waals surface area (Å²) in [7, 11) is 3.22. The molecule has 1 heterocycles. The number of ether oxygens (including phenoxy) is 4. The fourth-order valence-electron chi connectivity index (χ4n) is 2.40. The van der Waals surface area contributed by atoms with Gasteiger partial charge in [-0.2, -0.15) is 9.97 Å². The van der Waals surface area contributed by atoms with Crippen molar-refractivity contribution in [1.82, 2.24) is 15.0 Å². The first-order chi connectivity index (χ1) is 13.7. The van der Waals surface area contributed by atoms with Crippen LogP contribution in [0.2, 0.25) is 0 Å². The van der Waals surface area contributed by atoms with Crippen LogP contribution in [0.25, 0.3) is 0 Å². The van der Waals surface area contributed by atoms with Crippen molar-refractivity contribution < 1.29 is 18.9 Å². The van der Waals surface area contributed by atoms with E-state index in [2.05, 4.69) is 20.3 Å². The molecule has 1 saturated carbocycles. The van der Waals surface area contributed by atoms with E-state index < -0.39 is 0 Å². The minimum Gasteiger partial charge on any atom is -0.497 e. The van der Waals surface area contributed by atoms with E-state index in [1.165, 1.54) is 0 Å². The summed E-state index contributed by atoms with van der Waals surface area (Å²) in [5.74, 6) is 3.06. The second-order valence-corrected chi connectivity index (χ2v) is 6.20. The Hall–Kier alpha value is -3.55. The third-order valence-electron chi connectivity index (χ3n) is 4.04.